The highest BCUT2D eigenvalue weighted by Gasteiger charge is 2.35. The molecule has 0 radical (unpaired) electrons. The Balaban J connectivity index is 1.83. The SMILES string of the molecule is CNc1ccc([N+](=O)[O-])cc1C(=O)NCC1(c2ccc(OC)cc2)CCOCC1. The first-order valence-corrected chi connectivity index (χ1v) is 9.46. The Morgan fingerprint density at radius 2 is 1.90 bits per heavy atom. The second kappa shape index (κ2) is 8.91. The number of non-ortho nitro benzene ring substituents is 1. The summed E-state index contributed by atoms with van der Waals surface area (Å²) in [6.45, 7) is 1.63. The van der Waals surface area contributed by atoms with Crippen molar-refractivity contribution in [1.29, 1.82) is 0 Å². The van der Waals surface area contributed by atoms with Gasteiger partial charge in [-0.3, -0.25) is 14.9 Å². The maximum absolute atomic E-state index is 12.9. The van der Waals surface area contributed by atoms with Gasteiger partial charge < -0.3 is 20.1 Å². The van der Waals surface area contributed by atoms with Crippen LogP contribution in [-0.4, -0.2) is 44.7 Å². The van der Waals surface area contributed by atoms with Crippen LogP contribution in [0.15, 0.2) is 42.5 Å². The van der Waals surface area contributed by atoms with Crippen molar-refractivity contribution in [2.45, 2.75) is 18.3 Å². The maximum atomic E-state index is 12.9. The van der Waals surface area contributed by atoms with Crippen LogP contribution in [0.2, 0.25) is 0 Å². The number of rotatable bonds is 7. The Kier molecular flexibility index (Phi) is 6.33. The van der Waals surface area contributed by atoms with E-state index in [0.29, 0.717) is 25.4 Å². The van der Waals surface area contributed by atoms with E-state index in [0.717, 1.165) is 24.2 Å². The molecule has 0 spiro atoms. The third-order valence-corrected chi connectivity index (χ3v) is 5.47. The lowest BCUT2D eigenvalue weighted by Crippen LogP contribution is -2.44. The summed E-state index contributed by atoms with van der Waals surface area (Å²) in [7, 11) is 3.30. The lowest BCUT2D eigenvalue weighted by molar-refractivity contribution is -0.384. The lowest BCUT2D eigenvalue weighted by Gasteiger charge is -2.38. The molecule has 1 saturated heterocycles. The standard InChI is InChI=1S/C21H25N3O5/c1-22-19-8-5-16(24(26)27)13-18(19)20(25)23-14-21(9-11-29-12-10-21)15-3-6-17(28-2)7-4-15/h3-8,13,22H,9-12,14H2,1-2H3,(H,23,25). The van der Waals surface area contributed by atoms with Crippen molar-refractivity contribution in [2.24, 2.45) is 0 Å². The third kappa shape index (κ3) is 4.48. The molecule has 1 aliphatic heterocycles. The summed E-state index contributed by atoms with van der Waals surface area (Å²) in [5.74, 6) is 0.424. The van der Waals surface area contributed by atoms with E-state index in [1.54, 1.807) is 20.2 Å². The summed E-state index contributed by atoms with van der Waals surface area (Å²) in [6.07, 6.45) is 1.54. The average molecular weight is 399 g/mol. The first kappa shape index (κ1) is 20.6. The van der Waals surface area contributed by atoms with Crippen LogP contribution in [0.25, 0.3) is 0 Å². The number of nitro benzene ring substituents is 1. The molecule has 29 heavy (non-hydrogen) atoms. The van der Waals surface area contributed by atoms with Gasteiger partial charge in [-0.1, -0.05) is 12.1 Å². The molecule has 2 aromatic rings. The summed E-state index contributed by atoms with van der Waals surface area (Å²) in [5.41, 5.74) is 1.51. The fraction of sp³-hybridized carbons (Fsp3) is 0.381. The Morgan fingerprint density at radius 1 is 1.21 bits per heavy atom. The highest BCUT2D eigenvalue weighted by atomic mass is 16.6. The molecule has 0 saturated carbocycles. The molecule has 0 atom stereocenters. The van der Waals surface area contributed by atoms with Crippen molar-refractivity contribution in [2.75, 3.05) is 39.2 Å². The van der Waals surface area contributed by atoms with E-state index in [2.05, 4.69) is 10.6 Å². The van der Waals surface area contributed by atoms with Gasteiger partial charge in [-0.05, 0) is 36.6 Å². The molecule has 1 aliphatic rings. The summed E-state index contributed by atoms with van der Waals surface area (Å²) >= 11 is 0. The average Bonchev–Trinajstić information content (AvgIpc) is 2.77. The number of carbonyl (C=O) groups is 1. The summed E-state index contributed by atoms with van der Waals surface area (Å²) in [6, 6.07) is 12.1. The third-order valence-electron chi connectivity index (χ3n) is 5.47. The molecule has 154 valence electrons. The Hall–Kier alpha value is -3.13. The second-order valence-electron chi connectivity index (χ2n) is 7.04. The van der Waals surface area contributed by atoms with E-state index in [1.807, 2.05) is 24.3 Å². The minimum atomic E-state index is -0.506. The monoisotopic (exact) mass is 399 g/mol. The van der Waals surface area contributed by atoms with Crippen LogP contribution < -0.4 is 15.4 Å². The molecule has 8 heteroatoms. The Labute approximate surface area is 169 Å². The number of amides is 1. The molecule has 0 unspecified atom stereocenters. The van der Waals surface area contributed by atoms with Crippen molar-refractivity contribution in [1.82, 2.24) is 5.32 Å². The van der Waals surface area contributed by atoms with Crippen molar-refractivity contribution >= 4 is 17.3 Å². The number of anilines is 1. The van der Waals surface area contributed by atoms with Gasteiger partial charge in [0.15, 0.2) is 0 Å². The zero-order valence-corrected chi connectivity index (χ0v) is 16.6. The predicted octanol–water partition coefficient (Wildman–Crippen LogP) is 3.12. The molecule has 0 aromatic heterocycles. The van der Waals surface area contributed by atoms with E-state index in [4.69, 9.17) is 9.47 Å². The molecule has 1 fully saturated rings. The maximum Gasteiger partial charge on any atom is 0.270 e. The number of nitrogens with one attached hydrogen (secondary N) is 2. The quantitative estimate of drug-likeness (QED) is 0.548. The second-order valence-corrected chi connectivity index (χ2v) is 7.04. The largest absolute Gasteiger partial charge is 0.497 e. The Bertz CT molecular complexity index is 876. The van der Waals surface area contributed by atoms with Gasteiger partial charge in [0.2, 0.25) is 0 Å². The number of nitro groups is 1. The summed E-state index contributed by atoms with van der Waals surface area (Å²) in [5, 5.41) is 17.0. The Morgan fingerprint density at radius 3 is 2.48 bits per heavy atom. The molecular formula is C21H25N3O5. The van der Waals surface area contributed by atoms with Gasteiger partial charge in [0.1, 0.15) is 5.75 Å². The molecule has 1 amide bonds. The van der Waals surface area contributed by atoms with Crippen molar-refractivity contribution in [3.63, 3.8) is 0 Å². The first-order chi connectivity index (χ1) is 14.0. The van der Waals surface area contributed by atoms with Gasteiger partial charge in [-0.2, -0.15) is 0 Å². The minimum absolute atomic E-state index is 0.120. The number of hydrogen-bond donors (Lipinski definition) is 2. The number of ether oxygens (including phenoxy) is 2. The zero-order chi connectivity index (χ0) is 20.9. The van der Waals surface area contributed by atoms with Crippen molar-refractivity contribution in [3.05, 3.63) is 63.7 Å². The molecule has 2 N–H and O–H groups in total. The van der Waals surface area contributed by atoms with E-state index >= 15 is 0 Å². The van der Waals surface area contributed by atoms with Crippen LogP contribution in [0.1, 0.15) is 28.8 Å². The number of hydrogen-bond acceptors (Lipinski definition) is 6. The van der Waals surface area contributed by atoms with Crippen LogP contribution in [0.5, 0.6) is 5.75 Å². The zero-order valence-electron chi connectivity index (χ0n) is 16.6. The highest BCUT2D eigenvalue weighted by molar-refractivity contribution is 6.00. The highest BCUT2D eigenvalue weighted by Crippen LogP contribution is 2.35. The summed E-state index contributed by atoms with van der Waals surface area (Å²) < 4.78 is 10.8. The van der Waals surface area contributed by atoms with Crippen LogP contribution in [-0.2, 0) is 10.2 Å². The summed E-state index contributed by atoms with van der Waals surface area (Å²) in [4.78, 5) is 23.5. The van der Waals surface area contributed by atoms with Gasteiger partial charge >= 0.3 is 0 Å². The lowest BCUT2D eigenvalue weighted by atomic mass is 9.74. The van der Waals surface area contributed by atoms with Gasteiger partial charge in [0, 0.05) is 50.0 Å². The van der Waals surface area contributed by atoms with Crippen LogP contribution >= 0.6 is 0 Å². The number of carbonyl (C=O) groups excluding carboxylic acids is 1. The number of nitrogens with zero attached hydrogens (tertiary/aromatic N) is 1. The fourth-order valence-electron chi connectivity index (χ4n) is 3.67. The van der Waals surface area contributed by atoms with E-state index in [9.17, 15) is 14.9 Å². The molecule has 0 aliphatic carbocycles. The fourth-order valence-corrected chi connectivity index (χ4v) is 3.67. The van der Waals surface area contributed by atoms with Crippen LogP contribution in [0.3, 0.4) is 0 Å². The molecule has 2 aromatic carbocycles. The predicted molar refractivity (Wildman–Crippen MR) is 110 cm³/mol. The molecule has 1 heterocycles. The first-order valence-electron chi connectivity index (χ1n) is 9.46. The number of benzene rings is 2. The minimum Gasteiger partial charge on any atom is -0.497 e. The van der Waals surface area contributed by atoms with Gasteiger partial charge in [-0.25, -0.2) is 0 Å². The van der Waals surface area contributed by atoms with E-state index in [1.165, 1.54) is 12.1 Å². The van der Waals surface area contributed by atoms with Crippen molar-refractivity contribution in [3.8, 4) is 5.75 Å². The molecule has 0 bridgehead atoms. The van der Waals surface area contributed by atoms with Crippen molar-refractivity contribution < 1.29 is 19.2 Å². The molecular weight excluding hydrogens is 374 g/mol. The van der Waals surface area contributed by atoms with E-state index < -0.39 is 4.92 Å². The smallest absolute Gasteiger partial charge is 0.270 e. The molecule has 3 rings (SSSR count). The van der Waals surface area contributed by atoms with E-state index in [-0.39, 0.29) is 22.6 Å². The molecule has 8 nitrogen and oxygen atoms in total. The van der Waals surface area contributed by atoms with Gasteiger partial charge in [0.25, 0.3) is 11.6 Å². The topological polar surface area (TPSA) is 103 Å². The number of methoxy groups -OCH3 is 1. The van der Waals surface area contributed by atoms with Gasteiger partial charge in [-0.15, -0.1) is 0 Å². The normalized spacial score (nSPS) is 15.4. The van der Waals surface area contributed by atoms with Gasteiger partial charge in [0.05, 0.1) is 17.6 Å². The van der Waals surface area contributed by atoms with Crippen LogP contribution in [0, 0.1) is 10.1 Å². The van der Waals surface area contributed by atoms with Crippen LogP contribution in [0.4, 0.5) is 11.4 Å².